The topological polar surface area (TPSA) is 173 Å². The van der Waals surface area contributed by atoms with Crippen molar-refractivity contribution in [2.24, 2.45) is 5.92 Å². The van der Waals surface area contributed by atoms with Crippen molar-refractivity contribution < 1.29 is 41.5 Å². The second kappa shape index (κ2) is 13.4. The van der Waals surface area contributed by atoms with E-state index in [1.807, 2.05) is 6.08 Å². The van der Waals surface area contributed by atoms with Gasteiger partial charge in [0.2, 0.25) is 21.8 Å². The number of allylic oxidation sites excluding steroid dienone is 3. The first-order valence-electron chi connectivity index (χ1n) is 18.3. The van der Waals surface area contributed by atoms with E-state index in [4.69, 9.17) is 9.47 Å². The van der Waals surface area contributed by atoms with Crippen molar-refractivity contribution >= 4 is 44.7 Å². The van der Waals surface area contributed by atoms with Crippen LogP contribution in [-0.2, 0) is 35.6 Å². The largest absolute Gasteiger partial charge is 0.483 e. The Kier molecular flexibility index (Phi) is 9.31. The highest BCUT2D eigenvalue weighted by atomic mass is 32.2. The number of fused-ring (bicyclic) bond motifs is 5. The molecule has 3 aliphatic heterocycles. The van der Waals surface area contributed by atoms with E-state index in [-0.39, 0.29) is 31.3 Å². The fourth-order valence-corrected chi connectivity index (χ4v) is 9.16. The molecule has 5 aliphatic rings. The van der Waals surface area contributed by atoms with Gasteiger partial charge in [0.05, 0.1) is 17.5 Å². The normalized spacial score (nSPS) is 30.1. The van der Waals surface area contributed by atoms with Gasteiger partial charge in [-0.05, 0) is 85.1 Å². The average Bonchev–Trinajstić information content (AvgIpc) is 4.01. The molecule has 0 bridgehead atoms. The Morgan fingerprint density at radius 3 is 2.64 bits per heavy atom. The number of hydrogen-bond acceptors (Lipinski definition) is 9. The number of sulfonamides is 1. The molecule has 53 heavy (non-hydrogen) atoms. The molecule has 2 saturated carbocycles. The van der Waals surface area contributed by atoms with E-state index in [1.54, 1.807) is 58.1 Å². The molecule has 1 aromatic heterocycles. The highest BCUT2D eigenvalue weighted by Crippen LogP contribution is 2.48. The second-order valence-electron chi connectivity index (χ2n) is 16.0. The Labute approximate surface area is 308 Å². The molecule has 7 rings (SSSR count). The zero-order valence-corrected chi connectivity index (χ0v) is 31.2. The lowest BCUT2D eigenvalue weighted by Gasteiger charge is -2.36. The van der Waals surface area contributed by atoms with E-state index in [2.05, 4.69) is 20.3 Å². The van der Waals surface area contributed by atoms with Crippen molar-refractivity contribution in [2.45, 2.75) is 120 Å². The lowest BCUT2D eigenvalue weighted by Crippen LogP contribution is -2.58. The number of para-hydroxylation sites is 1. The summed E-state index contributed by atoms with van der Waals surface area (Å²) >= 11 is 0. The minimum Gasteiger partial charge on any atom is -0.483 e. The van der Waals surface area contributed by atoms with Crippen molar-refractivity contribution in [1.82, 2.24) is 25.2 Å². The Bertz CT molecular complexity index is 2040. The third-order valence-electron chi connectivity index (χ3n) is 10.7. The van der Waals surface area contributed by atoms with Gasteiger partial charge < -0.3 is 25.0 Å². The number of carbonyl (C=O) groups is 4. The van der Waals surface area contributed by atoms with Crippen LogP contribution < -0.4 is 20.1 Å². The number of pyridine rings is 1. The maximum Gasteiger partial charge on any atom is 0.408 e. The van der Waals surface area contributed by atoms with Gasteiger partial charge in [-0.3, -0.25) is 19.1 Å². The van der Waals surface area contributed by atoms with Crippen LogP contribution in [0.15, 0.2) is 42.5 Å². The number of amides is 4. The molecule has 0 radical (unpaired) electrons. The number of aryl methyl sites for hydroxylation is 2. The minimum atomic E-state index is -3.92. The van der Waals surface area contributed by atoms with Gasteiger partial charge in [-0.25, -0.2) is 22.6 Å². The van der Waals surface area contributed by atoms with Crippen molar-refractivity contribution in [3.63, 3.8) is 0 Å². The summed E-state index contributed by atoms with van der Waals surface area (Å²) in [6.45, 7) is 6.85. The number of aromatic nitrogens is 1. The number of ether oxygens (including phenoxy) is 2. The van der Waals surface area contributed by atoms with Crippen LogP contribution in [0.3, 0.4) is 0 Å². The third-order valence-corrected chi connectivity index (χ3v) is 12.6. The molecule has 1 spiro atoms. The van der Waals surface area contributed by atoms with E-state index in [1.165, 1.54) is 11.0 Å². The summed E-state index contributed by atoms with van der Waals surface area (Å²) in [5.41, 5.74) is -1.94. The predicted octanol–water partition coefficient (Wildman–Crippen LogP) is 4.02. The van der Waals surface area contributed by atoms with Crippen molar-refractivity contribution in [3.8, 4) is 5.75 Å². The molecule has 5 atom stereocenters. The van der Waals surface area contributed by atoms with Crippen LogP contribution in [0.5, 0.6) is 5.75 Å². The summed E-state index contributed by atoms with van der Waals surface area (Å²) < 4.78 is 54.9. The van der Waals surface area contributed by atoms with Gasteiger partial charge in [0.15, 0.2) is 0 Å². The number of benzene rings is 1. The summed E-state index contributed by atoms with van der Waals surface area (Å²) in [6.07, 6.45) is 9.78. The van der Waals surface area contributed by atoms with Crippen molar-refractivity contribution in [1.29, 1.82) is 0 Å². The minimum absolute atomic E-state index is 0.0189. The molecule has 1 saturated heterocycles. The summed E-state index contributed by atoms with van der Waals surface area (Å²) in [7, 11) is -3.92. The lowest BCUT2D eigenvalue weighted by atomic mass is 9.87. The Morgan fingerprint density at radius 1 is 1.13 bits per heavy atom. The number of halogens is 1. The zero-order chi connectivity index (χ0) is 37.9. The van der Waals surface area contributed by atoms with Gasteiger partial charge in [-0.15, -0.1) is 0 Å². The zero-order valence-electron chi connectivity index (χ0n) is 30.4. The van der Waals surface area contributed by atoms with Crippen LogP contribution in [-0.4, -0.2) is 82.7 Å². The van der Waals surface area contributed by atoms with Crippen LogP contribution in [0, 0.1) is 18.7 Å². The lowest BCUT2D eigenvalue weighted by molar-refractivity contribution is -0.141. The van der Waals surface area contributed by atoms with Gasteiger partial charge >= 0.3 is 6.09 Å². The summed E-state index contributed by atoms with van der Waals surface area (Å²) in [5, 5.41) is 5.58. The SMILES string of the molecule is Cc1nc2c(F)cccc2c2c1O[C@]1(CC2)C[C@H]2C(=O)N[C@]3(C(=O)NS(=O)(=O)C4CC4)C[C@H]3/C=C\C=C\CCC[C@H](NC(=O)OC(C)(C)C)C(=O)N2C1. The predicted molar refractivity (Wildman–Crippen MR) is 193 cm³/mol. The molecule has 4 heterocycles. The van der Waals surface area contributed by atoms with Crippen LogP contribution in [0.2, 0.25) is 0 Å². The Balaban J connectivity index is 1.24. The number of nitrogens with one attached hydrogen (secondary N) is 3. The highest BCUT2D eigenvalue weighted by molar-refractivity contribution is 7.91. The van der Waals surface area contributed by atoms with Gasteiger partial charge in [-0.2, -0.15) is 0 Å². The summed E-state index contributed by atoms with van der Waals surface area (Å²) in [4.78, 5) is 61.8. The first-order chi connectivity index (χ1) is 25.0. The van der Waals surface area contributed by atoms with Crippen molar-refractivity contribution in [2.75, 3.05) is 6.54 Å². The number of carbonyl (C=O) groups excluding carboxylic acids is 4. The smallest absolute Gasteiger partial charge is 0.408 e. The van der Waals surface area contributed by atoms with Crippen LogP contribution in [0.25, 0.3) is 10.9 Å². The summed E-state index contributed by atoms with van der Waals surface area (Å²) in [6, 6.07) is 2.56. The Hall–Kier alpha value is -4.53. The maximum absolute atomic E-state index is 14.8. The molecule has 284 valence electrons. The monoisotopic (exact) mass is 751 g/mol. The first-order valence-corrected chi connectivity index (χ1v) is 19.8. The van der Waals surface area contributed by atoms with Gasteiger partial charge in [0, 0.05) is 23.3 Å². The standard InChI is InChI=1S/C38H46FN5O8S/c1-22-31-26(25-12-10-13-27(39)30(25)40-22)17-18-37(51-31)20-29-32(45)42-38(34(47)43-53(49,50)24-15-16-24)19-23(38)11-8-6-5-7-9-14-28(33(46)44(29)21-37)41-35(48)52-36(2,3)4/h5-6,8,10-13,23-24,28-29H,7,9,14-21H2,1-4H3,(H,41,48)(H,42,45)(H,43,47)/b6-5+,11-8-/t23-,28+,29+,37-,38-/m1/s1. The third kappa shape index (κ3) is 7.36. The highest BCUT2D eigenvalue weighted by Gasteiger charge is 2.63. The molecule has 3 N–H and O–H groups in total. The first kappa shape index (κ1) is 36.8. The fraction of sp³-hybridized carbons (Fsp3) is 0.553. The quantitative estimate of drug-likeness (QED) is 0.417. The number of hydrogen-bond donors (Lipinski definition) is 3. The van der Waals surface area contributed by atoms with E-state index in [9.17, 15) is 32.0 Å². The fourth-order valence-electron chi connectivity index (χ4n) is 7.79. The molecule has 0 unspecified atom stereocenters. The molecule has 15 heteroatoms. The van der Waals surface area contributed by atoms with Crippen LogP contribution in [0.4, 0.5) is 9.18 Å². The van der Waals surface area contributed by atoms with Gasteiger partial charge in [0.25, 0.3) is 5.91 Å². The molecule has 3 fully saturated rings. The second-order valence-corrected chi connectivity index (χ2v) is 18.0. The average molecular weight is 752 g/mol. The van der Waals surface area contributed by atoms with E-state index >= 15 is 0 Å². The molecule has 2 aromatic rings. The van der Waals surface area contributed by atoms with Gasteiger partial charge in [0.1, 0.15) is 45.9 Å². The number of alkyl carbamates (subject to hydrolysis) is 1. The molecular formula is C38H46FN5O8S. The van der Waals surface area contributed by atoms with Crippen LogP contribution >= 0.6 is 0 Å². The van der Waals surface area contributed by atoms with Crippen molar-refractivity contribution in [3.05, 3.63) is 59.6 Å². The van der Waals surface area contributed by atoms with E-state index in [0.717, 1.165) is 5.56 Å². The van der Waals surface area contributed by atoms with Gasteiger partial charge in [-0.1, -0.05) is 36.4 Å². The number of nitrogens with zero attached hydrogens (tertiary/aromatic N) is 2. The molecule has 1 aromatic carbocycles. The number of rotatable bonds is 4. The molecule has 4 amide bonds. The van der Waals surface area contributed by atoms with E-state index in [0.29, 0.717) is 55.4 Å². The van der Waals surface area contributed by atoms with E-state index < -0.39 is 79.6 Å². The molecular weight excluding hydrogens is 706 g/mol. The van der Waals surface area contributed by atoms with Crippen LogP contribution in [0.1, 0.15) is 83.4 Å². The molecule has 13 nitrogen and oxygen atoms in total. The maximum atomic E-state index is 14.8. The Morgan fingerprint density at radius 2 is 1.91 bits per heavy atom. The summed E-state index contributed by atoms with van der Waals surface area (Å²) in [5.74, 6) is -2.45. The molecule has 2 aliphatic carbocycles.